The number of phenols is 4. The fourth-order valence-corrected chi connectivity index (χ4v) is 4.91. The van der Waals surface area contributed by atoms with Crippen molar-refractivity contribution in [1.29, 1.82) is 0 Å². The van der Waals surface area contributed by atoms with Crippen LogP contribution in [0, 0.1) is 0 Å². The first kappa shape index (κ1) is 21.1. The van der Waals surface area contributed by atoms with Crippen LogP contribution in [0.5, 0.6) is 23.0 Å². The Morgan fingerprint density at radius 3 is 2.11 bits per heavy atom. The topological polar surface area (TPSA) is 129 Å². The Labute approximate surface area is 209 Å². The highest BCUT2D eigenvalue weighted by Gasteiger charge is 2.27. The lowest BCUT2D eigenvalue weighted by Gasteiger charge is -2.16. The summed E-state index contributed by atoms with van der Waals surface area (Å²) in [6, 6.07) is 21.0. The van der Waals surface area contributed by atoms with Gasteiger partial charge in [0.25, 0.3) is 0 Å². The van der Waals surface area contributed by atoms with E-state index in [1.807, 2.05) is 59.2 Å². The van der Waals surface area contributed by atoms with Crippen LogP contribution in [0.2, 0.25) is 0 Å². The highest BCUT2D eigenvalue weighted by Crippen LogP contribution is 2.45. The van der Waals surface area contributed by atoms with E-state index in [-0.39, 0.29) is 11.3 Å². The van der Waals surface area contributed by atoms with Crippen molar-refractivity contribution in [1.82, 2.24) is 24.1 Å². The van der Waals surface area contributed by atoms with Gasteiger partial charge in [0.1, 0.15) is 35.8 Å². The zero-order chi connectivity index (χ0) is 25.4. The maximum atomic E-state index is 10.9. The summed E-state index contributed by atoms with van der Waals surface area (Å²) in [5.41, 5.74) is 3.83. The Morgan fingerprint density at radius 1 is 0.595 bits per heavy atom. The van der Waals surface area contributed by atoms with Gasteiger partial charge in [-0.1, -0.05) is 36.4 Å². The van der Waals surface area contributed by atoms with Crippen LogP contribution in [0.1, 0.15) is 0 Å². The lowest BCUT2D eigenvalue weighted by atomic mass is 9.92. The van der Waals surface area contributed by atoms with Gasteiger partial charge in [0.2, 0.25) is 5.75 Å². The predicted octanol–water partition coefficient (Wildman–Crippen LogP) is 3.68. The molecule has 0 saturated carbocycles. The Morgan fingerprint density at radius 2 is 1.30 bits per heavy atom. The highest BCUT2D eigenvalue weighted by atomic mass is 16.3. The molecule has 7 rings (SSSR count). The van der Waals surface area contributed by atoms with Gasteiger partial charge in [0, 0.05) is 17.3 Å². The summed E-state index contributed by atoms with van der Waals surface area (Å²) in [5, 5.41) is 43.0. The summed E-state index contributed by atoms with van der Waals surface area (Å²) in [5.74, 6) is -3.08. The van der Waals surface area contributed by atoms with E-state index in [4.69, 9.17) is 17.8 Å². The molecule has 2 radical (unpaired) electrons. The third-order valence-electron chi connectivity index (χ3n) is 6.58. The van der Waals surface area contributed by atoms with Gasteiger partial charge in [0.05, 0.1) is 11.0 Å². The fraction of sp³-hybridized carbons (Fsp3) is 0. The second-order valence-electron chi connectivity index (χ2n) is 8.62. The van der Waals surface area contributed by atoms with Crippen molar-refractivity contribution in [3.05, 3.63) is 72.9 Å². The smallest absolute Gasteiger partial charge is 0.202 e. The summed E-state index contributed by atoms with van der Waals surface area (Å²) in [7, 11) is 5.85. The molecule has 0 atom stereocenters. The standard InChI is InChI=1S/C27H16BN5O4/c28-17-22(34)21(24(36)25(37)23(17)35)33-16-11-6-12-29-19(16)20-27(33)31-26-18(30-20)14-9-4-5-10-15(14)32(26)13-7-2-1-3-8-13/h1-12,34-37H. The monoisotopic (exact) mass is 485 g/mol. The van der Waals surface area contributed by atoms with Gasteiger partial charge in [0.15, 0.2) is 22.8 Å². The van der Waals surface area contributed by atoms with Gasteiger partial charge < -0.3 is 20.4 Å². The summed E-state index contributed by atoms with van der Waals surface area (Å²) in [6.07, 6.45) is 1.60. The molecule has 0 spiro atoms. The molecule has 9 nitrogen and oxygen atoms in total. The molecule has 7 aromatic rings. The molecular weight excluding hydrogens is 469 g/mol. The average Bonchev–Trinajstić information content (AvgIpc) is 3.43. The largest absolute Gasteiger partial charge is 0.506 e. The van der Waals surface area contributed by atoms with Crippen molar-refractivity contribution in [2.45, 2.75) is 0 Å². The van der Waals surface area contributed by atoms with Crippen LogP contribution in [0.3, 0.4) is 0 Å². The molecule has 0 saturated heterocycles. The van der Waals surface area contributed by atoms with E-state index in [9.17, 15) is 20.4 Å². The Hall–Kier alpha value is -5.25. The number of benzene rings is 3. The SMILES string of the molecule is [B]c1c(O)c(O)c(O)c(-n2c3cccnc3c3nc4c5ccccc5n(-c5ccccc5)c4nc32)c1O. The van der Waals surface area contributed by atoms with E-state index in [1.165, 1.54) is 4.57 Å². The van der Waals surface area contributed by atoms with Crippen LogP contribution < -0.4 is 5.46 Å². The van der Waals surface area contributed by atoms with Crippen molar-refractivity contribution in [3.63, 3.8) is 0 Å². The quantitative estimate of drug-likeness (QED) is 0.167. The number of hydrogen-bond donors (Lipinski definition) is 4. The van der Waals surface area contributed by atoms with Gasteiger partial charge in [-0.05, 0) is 35.8 Å². The number of aromatic hydroxyl groups is 4. The maximum absolute atomic E-state index is 10.9. The van der Waals surface area contributed by atoms with Crippen molar-refractivity contribution < 1.29 is 20.4 Å². The van der Waals surface area contributed by atoms with Crippen LogP contribution in [0.25, 0.3) is 55.6 Å². The number of hydrogen-bond acceptors (Lipinski definition) is 7. The molecule has 0 unspecified atom stereocenters. The number of para-hydroxylation sites is 2. The summed E-state index contributed by atoms with van der Waals surface area (Å²) in [4.78, 5) is 14.5. The molecule has 0 aliphatic heterocycles. The number of pyridine rings is 1. The first-order valence-corrected chi connectivity index (χ1v) is 11.3. The fourth-order valence-electron chi connectivity index (χ4n) is 4.91. The van der Waals surface area contributed by atoms with E-state index in [2.05, 4.69) is 4.98 Å². The number of nitrogens with zero attached hydrogens (tertiary/aromatic N) is 5. The van der Waals surface area contributed by atoms with E-state index in [1.54, 1.807) is 18.3 Å². The molecular formula is C27H16BN5O4. The first-order valence-electron chi connectivity index (χ1n) is 11.3. The van der Waals surface area contributed by atoms with E-state index >= 15 is 0 Å². The van der Waals surface area contributed by atoms with Gasteiger partial charge >= 0.3 is 0 Å². The van der Waals surface area contributed by atoms with E-state index in [0.717, 1.165) is 16.6 Å². The molecule has 0 amide bonds. The minimum Gasteiger partial charge on any atom is -0.506 e. The molecule has 0 bridgehead atoms. The Kier molecular flexibility index (Phi) is 4.20. The van der Waals surface area contributed by atoms with Gasteiger partial charge in [-0.15, -0.1) is 0 Å². The van der Waals surface area contributed by atoms with Gasteiger partial charge in [-0.3, -0.25) is 14.1 Å². The van der Waals surface area contributed by atoms with Crippen LogP contribution >= 0.6 is 0 Å². The first-order chi connectivity index (χ1) is 18.0. The van der Waals surface area contributed by atoms with Crippen molar-refractivity contribution in [2.24, 2.45) is 0 Å². The van der Waals surface area contributed by atoms with Crippen LogP contribution in [-0.2, 0) is 0 Å². The van der Waals surface area contributed by atoms with E-state index in [0.29, 0.717) is 27.7 Å². The van der Waals surface area contributed by atoms with Crippen LogP contribution in [0.15, 0.2) is 72.9 Å². The minimum atomic E-state index is -0.864. The lowest BCUT2D eigenvalue weighted by Crippen LogP contribution is -2.09. The normalized spacial score (nSPS) is 11.8. The molecule has 3 aromatic carbocycles. The summed E-state index contributed by atoms with van der Waals surface area (Å²) in [6.45, 7) is 0. The lowest BCUT2D eigenvalue weighted by molar-refractivity contribution is 0.363. The Balaban J connectivity index is 1.72. The molecule has 4 aromatic heterocycles. The molecule has 0 aliphatic carbocycles. The van der Waals surface area contributed by atoms with E-state index < -0.39 is 28.5 Å². The summed E-state index contributed by atoms with van der Waals surface area (Å²) < 4.78 is 3.41. The third kappa shape index (κ3) is 2.72. The number of rotatable bonds is 2. The van der Waals surface area contributed by atoms with Crippen LogP contribution in [0.4, 0.5) is 0 Å². The molecule has 0 aliphatic rings. The zero-order valence-corrected chi connectivity index (χ0v) is 19.0. The highest BCUT2D eigenvalue weighted by molar-refractivity contribution is 6.37. The number of aromatic nitrogens is 5. The second-order valence-corrected chi connectivity index (χ2v) is 8.62. The van der Waals surface area contributed by atoms with Crippen molar-refractivity contribution >= 4 is 57.6 Å². The van der Waals surface area contributed by atoms with Crippen molar-refractivity contribution in [3.8, 4) is 34.4 Å². The maximum Gasteiger partial charge on any atom is 0.202 e. The number of phenolic OH excluding ortho intramolecular Hbond substituents is 4. The molecule has 4 N–H and O–H groups in total. The predicted molar refractivity (Wildman–Crippen MR) is 141 cm³/mol. The van der Waals surface area contributed by atoms with Gasteiger partial charge in [-0.25, -0.2) is 9.97 Å². The molecule has 176 valence electrons. The molecule has 10 heteroatoms. The van der Waals surface area contributed by atoms with Crippen LogP contribution in [-0.4, -0.2) is 52.4 Å². The Bertz CT molecular complexity index is 2020. The second kappa shape index (κ2) is 7.38. The third-order valence-corrected chi connectivity index (χ3v) is 6.58. The molecule has 37 heavy (non-hydrogen) atoms. The average molecular weight is 485 g/mol. The number of fused-ring (bicyclic) bond motifs is 6. The van der Waals surface area contributed by atoms with Crippen molar-refractivity contribution in [2.75, 3.05) is 0 Å². The zero-order valence-electron chi connectivity index (χ0n) is 19.0. The summed E-state index contributed by atoms with van der Waals surface area (Å²) >= 11 is 0. The van der Waals surface area contributed by atoms with Gasteiger partial charge in [-0.2, -0.15) is 0 Å². The molecule has 0 fully saturated rings. The molecule has 4 heterocycles. The minimum absolute atomic E-state index is 0.253.